The maximum Gasteiger partial charge on any atom is 0.305 e. The van der Waals surface area contributed by atoms with Gasteiger partial charge in [-0.05, 0) is 37.3 Å². The summed E-state index contributed by atoms with van der Waals surface area (Å²) in [4.78, 5) is 22.7. The number of nitrogens with zero attached hydrogens (tertiary/aromatic N) is 3. The number of benzodiazepines with no additional fused rings is 1. The molecule has 3 rings (SSSR count). The van der Waals surface area contributed by atoms with Gasteiger partial charge < -0.3 is 14.7 Å². The molecular formula is C22H22ClN3O3. The number of carboxylic acid groups (broad SMARTS) is 1. The van der Waals surface area contributed by atoms with E-state index in [1.807, 2.05) is 42.2 Å². The first kappa shape index (κ1) is 20.6. The summed E-state index contributed by atoms with van der Waals surface area (Å²) in [5.74, 6) is 0.231. The third kappa shape index (κ3) is 4.17. The van der Waals surface area contributed by atoms with Gasteiger partial charge in [-0.1, -0.05) is 30.3 Å². The molecule has 0 saturated carbocycles. The van der Waals surface area contributed by atoms with Crippen molar-refractivity contribution in [3.63, 3.8) is 0 Å². The summed E-state index contributed by atoms with van der Waals surface area (Å²) >= 11 is 6.06. The van der Waals surface area contributed by atoms with E-state index in [4.69, 9.17) is 21.3 Å². The average Bonchev–Trinajstić information content (AvgIpc) is 2.82. The number of aliphatic carboxylic acids is 1. The first-order chi connectivity index (χ1) is 13.8. The number of halogens is 1. The predicted octanol–water partition coefficient (Wildman–Crippen LogP) is 4.41. The Kier molecular flexibility index (Phi) is 6.03. The van der Waals surface area contributed by atoms with E-state index >= 15 is 0 Å². The molecule has 0 fully saturated rings. The van der Waals surface area contributed by atoms with Gasteiger partial charge in [-0.2, -0.15) is 0 Å². The van der Waals surface area contributed by atoms with E-state index in [1.165, 1.54) is 0 Å². The van der Waals surface area contributed by atoms with Crippen molar-refractivity contribution >= 4 is 34.8 Å². The lowest BCUT2D eigenvalue weighted by molar-refractivity contribution is -0.137. The summed E-state index contributed by atoms with van der Waals surface area (Å²) < 4.78 is 5.42. The quantitative estimate of drug-likeness (QED) is 0.790. The van der Waals surface area contributed by atoms with Crippen LogP contribution in [0.15, 0.2) is 64.7 Å². The Bertz CT molecular complexity index is 1010. The predicted molar refractivity (Wildman–Crippen MR) is 117 cm³/mol. The number of rotatable bonds is 5. The zero-order valence-electron chi connectivity index (χ0n) is 16.5. The van der Waals surface area contributed by atoms with Crippen molar-refractivity contribution in [2.45, 2.75) is 19.4 Å². The molecule has 150 valence electrons. The number of anilines is 1. The van der Waals surface area contributed by atoms with Crippen LogP contribution in [0.25, 0.3) is 0 Å². The number of methoxy groups -OCH3 is 1. The van der Waals surface area contributed by atoms with Crippen molar-refractivity contribution in [2.24, 2.45) is 9.98 Å². The van der Waals surface area contributed by atoms with E-state index in [0.29, 0.717) is 28.0 Å². The molecule has 1 aliphatic heterocycles. The summed E-state index contributed by atoms with van der Waals surface area (Å²) in [6.45, 7) is 5.93. The van der Waals surface area contributed by atoms with Crippen LogP contribution in [0.5, 0.6) is 5.75 Å². The van der Waals surface area contributed by atoms with Crippen LogP contribution >= 0.6 is 11.6 Å². The van der Waals surface area contributed by atoms with Gasteiger partial charge in [0.15, 0.2) is 0 Å². The van der Waals surface area contributed by atoms with Crippen molar-refractivity contribution < 1.29 is 14.6 Å². The highest BCUT2D eigenvalue weighted by molar-refractivity contribution is 6.31. The summed E-state index contributed by atoms with van der Waals surface area (Å²) in [7, 11) is 3.23. The van der Waals surface area contributed by atoms with Crippen molar-refractivity contribution in [3.05, 3.63) is 70.9 Å². The number of amidine groups is 1. The van der Waals surface area contributed by atoms with E-state index in [0.717, 1.165) is 16.8 Å². The molecule has 0 saturated heterocycles. The molecule has 0 aliphatic carbocycles. The average molecular weight is 412 g/mol. The molecule has 2 aromatic rings. The van der Waals surface area contributed by atoms with Gasteiger partial charge in [0, 0.05) is 28.9 Å². The van der Waals surface area contributed by atoms with E-state index in [-0.39, 0.29) is 6.42 Å². The Balaban J connectivity index is 2.34. The molecule has 0 aromatic heterocycles. The fraction of sp³-hybridized carbons (Fsp3) is 0.227. The second kappa shape index (κ2) is 8.49. The summed E-state index contributed by atoms with van der Waals surface area (Å²) in [5.41, 5.74) is 3.77. The van der Waals surface area contributed by atoms with Crippen LogP contribution in [0.4, 0.5) is 5.69 Å². The molecule has 1 atom stereocenters. The first-order valence-electron chi connectivity index (χ1n) is 9.02. The third-order valence-electron chi connectivity index (χ3n) is 4.61. The molecular weight excluding hydrogens is 390 g/mol. The summed E-state index contributed by atoms with van der Waals surface area (Å²) in [6.07, 6.45) is -0.196. The highest BCUT2D eigenvalue weighted by atomic mass is 35.5. The standard InChI is InChI=1S/C22H22ClN3O3/c1-13(2)26-19-10-9-16(29-4)11-17(19)21(14-5-7-15(23)8-6-14)25-18(12-20(27)28)22(26)24-3/h5-11,18H,1,12H2,2-4H3,(H,27,28)/t18-/m0/s1. The third-order valence-corrected chi connectivity index (χ3v) is 4.86. The summed E-state index contributed by atoms with van der Waals surface area (Å²) in [6, 6.07) is 12.2. The minimum atomic E-state index is -0.958. The Morgan fingerprint density at radius 2 is 2.00 bits per heavy atom. The number of benzene rings is 2. The monoisotopic (exact) mass is 411 g/mol. The Labute approximate surface area is 174 Å². The van der Waals surface area contributed by atoms with Gasteiger partial charge in [0.2, 0.25) is 0 Å². The van der Waals surface area contributed by atoms with Crippen molar-refractivity contribution in [1.29, 1.82) is 0 Å². The molecule has 0 bridgehead atoms. The molecule has 0 amide bonds. The molecule has 1 aliphatic rings. The van der Waals surface area contributed by atoms with Gasteiger partial charge in [0.25, 0.3) is 0 Å². The van der Waals surface area contributed by atoms with Crippen molar-refractivity contribution in [2.75, 3.05) is 19.1 Å². The number of carbonyl (C=O) groups is 1. The Hall–Kier alpha value is -3.12. The zero-order valence-corrected chi connectivity index (χ0v) is 17.3. The molecule has 29 heavy (non-hydrogen) atoms. The number of aliphatic imine (C=N–C) groups is 2. The minimum absolute atomic E-state index is 0.196. The van der Waals surface area contributed by atoms with Crippen LogP contribution in [0, 0.1) is 0 Å². The molecule has 0 spiro atoms. The second-order valence-corrected chi connectivity index (χ2v) is 7.07. The fourth-order valence-electron chi connectivity index (χ4n) is 3.37. The van der Waals surface area contributed by atoms with Crippen LogP contribution in [0.2, 0.25) is 5.02 Å². The van der Waals surface area contributed by atoms with Crippen molar-refractivity contribution in [1.82, 2.24) is 0 Å². The van der Waals surface area contributed by atoms with Gasteiger partial charge in [-0.3, -0.25) is 14.8 Å². The molecule has 1 heterocycles. The van der Waals surface area contributed by atoms with Crippen LogP contribution < -0.4 is 9.64 Å². The van der Waals surface area contributed by atoms with Gasteiger partial charge in [-0.15, -0.1) is 0 Å². The molecule has 0 radical (unpaired) electrons. The number of fused-ring (bicyclic) bond motifs is 1. The van der Waals surface area contributed by atoms with Gasteiger partial charge in [0.05, 0.1) is 24.9 Å². The number of carboxylic acids is 1. The maximum atomic E-state index is 11.6. The molecule has 2 aromatic carbocycles. The lowest BCUT2D eigenvalue weighted by Crippen LogP contribution is -2.37. The maximum absolute atomic E-state index is 11.6. The van der Waals surface area contributed by atoms with Gasteiger partial charge >= 0.3 is 5.97 Å². The second-order valence-electron chi connectivity index (χ2n) is 6.63. The van der Waals surface area contributed by atoms with Crippen molar-refractivity contribution in [3.8, 4) is 5.75 Å². The molecule has 6 nitrogen and oxygen atoms in total. The van der Waals surface area contributed by atoms with E-state index in [2.05, 4.69) is 11.6 Å². The lowest BCUT2D eigenvalue weighted by atomic mass is 9.99. The number of hydrogen-bond donors (Lipinski definition) is 1. The van der Waals surface area contributed by atoms with E-state index in [1.54, 1.807) is 26.3 Å². The van der Waals surface area contributed by atoms with E-state index in [9.17, 15) is 9.90 Å². The van der Waals surface area contributed by atoms with Gasteiger partial charge in [0.1, 0.15) is 17.6 Å². The van der Waals surface area contributed by atoms with Gasteiger partial charge in [-0.25, -0.2) is 0 Å². The lowest BCUT2D eigenvalue weighted by Gasteiger charge is -2.28. The largest absolute Gasteiger partial charge is 0.497 e. The van der Waals surface area contributed by atoms with Crippen LogP contribution in [-0.4, -0.2) is 42.8 Å². The van der Waals surface area contributed by atoms with Crippen LogP contribution in [-0.2, 0) is 4.79 Å². The molecule has 7 heteroatoms. The topological polar surface area (TPSA) is 74.5 Å². The fourth-order valence-corrected chi connectivity index (χ4v) is 3.50. The summed E-state index contributed by atoms with van der Waals surface area (Å²) in [5, 5.41) is 10.1. The Morgan fingerprint density at radius 3 is 2.55 bits per heavy atom. The molecule has 1 N–H and O–H groups in total. The normalized spacial score (nSPS) is 17.4. The van der Waals surface area contributed by atoms with E-state index < -0.39 is 12.0 Å². The minimum Gasteiger partial charge on any atom is -0.497 e. The van der Waals surface area contributed by atoms with Crippen LogP contribution in [0.1, 0.15) is 24.5 Å². The highest BCUT2D eigenvalue weighted by Crippen LogP contribution is 2.34. The number of ether oxygens (including phenoxy) is 1. The van der Waals surface area contributed by atoms with Crippen LogP contribution in [0.3, 0.4) is 0 Å². The zero-order chi connectivity index (χ0) is 21.1. The molecule has 0 unspecified atom stereocenters. The highest BCUT2D eigenvalue weighted by Gasteiger charge is 2.32. The smallest absolute Gasteiger partial charge is 0.305 e. The Morgan fingerprint density at radius 1 is 1.31 bits per heavy atom. The first-order valence-corrected chi connectivity index (χ1v) is 9.39. The number of allylic oxidation sites excluding steroid dienone is 1. The number of hydrogen-bond acceptors (Lipinski definition) is 4. The SMILES string of the molecule is C=C(C)N1C(=NC)[C@H](CC(=O)O)N=C(c2ccc(Cl)cc2)c2cc(OC)ccc21.